The summed E-state index contributed by atoms with van der Waals surface area (Å²) in [6, 6.07) is 4.26. The second-order valence-electron chi connectivity index (χ2n) is 3.93. The zero-order valence-electron chi connectivity index (χ0n) is 8.48. The van der Waals surface area contributed by atoms with E-state index in [1.807, 2.05) is 0 Å². The van der Waals surface area contributed by atoms with Crippen molar-refractivity contribution in [3.8, 4) is 0 Å². The third-order valence-corrected chi connectivity index (χ3v) is 7.97. The highest BCUT2D eigenvalue weighted by Gasteiger charge is 2.23. The van der Waals surface area contributed by atoms with E-state index in [9.17, 15) is 0 Å². The molecule has 0 aliphatic rings. The van der Waals surface area contributed by atoms with Crippen molar-refractivity contribution < 1.29 is 0 Å². The molecule has 0 aliphatic heterocycles. The third-order valence-electron chi connectivity index (χ3n) is 2.92. The van der Waals surface area contributed by atoms with Gasteiger partial charge in [-0.25, -0.2) is 0 Å². The summed E-state index contributed by atoms with van der Waals surface area (Å²) in [5.41, 5.74) is 0. The summed E-state index contributed by atoms with van der Waals surface area (Å²) in [6.45, 7) is 13.3. The summed E-state index contributed by atoms with van der Waals surface area (Å²) in [5, 5.41) is 0. The molecule has 1 unspecified atom stereocenters. The van der Waals surface area contributed by atoms with E-state index in [-0.39, 0.29) is 0 Å². The summed E-state index contributed by atoms with van der Waals surface area (Å²) in [6.07, 6.45) is 2.09. The summed E-state index contributed by atoms with van der Waals surface area (Å²) < 4.78 is 0. The van der Waals surface area contributed by atoms with Crippen molar-refractivity contribution in [2.75, 3.05) is 0 Å². The van der Waals surface area contributed by atoms with Gasteiger partial charge in [-0.2, -0.15) is 0 Å². The van der Waals surface area contributed by atoms with Gasteiger partial charge in [-0.3, -0.25) is 0 Å². The average molecular weight is 170 g/mol. The monoisotopic (exact) mass is 170 g/mol. The van der Waals surface area contributed by atoms with Crippen LogP contribution in [-0.4, -0.2) is 8.07 Å². The van der Waals surface area contributed by atoms with Gasteiger partial charge in [0, 0.05) is 0 Å². The molecule has 11 heavy (non-hydrogen) atoms. The number of allylic oxidation sites excluding steroid dienone is 1. The van der Waals surface area contributed by atoms with E-state index in [0.717, 1.165) is 5.92 Å². The largest absolute Gasteiger partial charge is 0.103 e. The van der Waals surface area contributed by atoms with E-state index in [4.69, 9.17) is 0 Å². The van der Waals surface area contributed by atoms with Crippen LogP contribution in [0.2, 0.25) is 24.7 Å². The van der Waals surface area contributed by atoms with Gasteiger partial charge in [-0.05, 0) is 5.92 Å². The Morgan fingerprint density at radius 2 is 1.82 bits per heavy atom. The highest BCUT2D eigenvalue weighted by molar-refractivity contribution is 6.78. The van der Waals surface area contributed by atoms with Crippen LogP contribution in [0, 0.1) is 5.92 Å². The molecule has 1 heteroatoms. The van der Waals surface area contributed by atoms with Gasteiger partial charge in [-0.15, -0.1) is 6.58 Å². The summed E-state index contributed by atoms with van der Waals surface area (Å²) >= 11 is 0. The molecule has 0 bridgehead atoms. The van der Waals surface area contributed by atoms with Gasteiger partial charge >= 0.3 is 0 Å². The minimum absolute atomic E-state index is 0.728. The fraction of sp³-hybridized carbons (Fsp3) is 0.800. The van der Waals surface area contributed by atoms with E-state index in [2.05, 4.69) is 40.0 Å². The van der Waals surface area contributed by atoms with Gasteiger partial charge in [0.25, 0.3) is 0 Å². The van der Waals surface area contributed by atoms with E-state index >= 15 is 0 Å². The molecular weight excluding hydrogens is 148 g/mol. The molecule has 66 valence electrons. The van der Waals surface area contributed by atoms with E-state index < -0.39 is 8.07 Å². The lowest BCUT2D eigenvalue weighted by Crippen LogP contribution is -2.29. The predicted octanol–water partition coefficient (Wildman–Crippen LogP) is 3.93. The average Bonchev–Trinajstić information content (AvgIpc) is 2.04. The van der Waals surface area contributed by atoms with E-state index in [1.165, 1.54) is 18.1 Å². The molecule has 1 atom stereocenters. The molecule has 0 aromatic heterocycles. The van der Waals surface area contributed by atoms with Crippen molar-refractivity contribution in [2.45, 2.75) is 45.5 Å². The van der Waals surface area contributed by atoms with Gasteiger partial charge in [0.2, 0.25) is 0 Å². The van der Waals surface area contributed by atoms with Crippen LogP contribution in [-0.2, 0) is 0 Å². The van der Waals surface area contributed by atoms with Crippen molar-refractivity contribution in [3.63, 3.8) is 0 Å². The number of rotatable bonds is 5. The van der Waals surface area contributed by atoms with Crippen molar-refractivity contribution in [1.82, 2.24) is 0 Å². The Balaban J connectivity index is 3.95. The molecule has 0 aromatic rings. The maximum absolute atomic E-state index is 3.84. The quantitative estimate of drug-likeness (QED) is 0.433. The van der Waals surface area contributed by atoms with Crippen molar-refractivity contribution in [3.05, 3.63) is 12.7 Å². The summed E-state index contributed by atoms with van der Waals surface area (Å²) in [5.74, 6) is 0.728. The van der Waals surface area contributed by atoms with Gasteiger partial charge in [0.1, 0.15) is 0 Å². The van der Waals surface area contributed by atoms with Gasteiger partial charge in [0.15, 0.2) is 0 Å². The first kappa shape index (κ1) is 11.0. The molecule has 0 saturated heterocycles. The number of hydrogen-bond donors (Lipinski definition) is 0. The molecule has 0 rings (SSSR count). The predicted molar refractivity (Wildman–Crippen MR) is 56.7 cm³/mol. The SMILES string of the molecule is C=CC(C)C[Si](C)(CC)CC. The first-order chi connectivity index (χ1) is 5.08. The molecule has 0 spiro atoms. The highest BCUT2D eigenvalue weighted by Crippen LogP contribution is 2.24. The van der Waals surface area contributed by atoms with Crippen LogP contribution in [0.25, 0.3) is 0 Å². The maximum atomic E-state index is 3.84. The normalized spacial score (nSPS) is 14.5. The van der Waals surface area contributed by atoms with Crippen LogP contribution in [0.3, 0.4) is 0 Å². The Morgan fingerprint density at radius 3 is 2.09 bits per heavy atom. The first-order valence-electron chi connectivity index (χ1n) is 4.70. The zero-order chi connectivity index (χ0) is 8.91. The Morgan fingerprint density at radius 1 is 1.36 bits per heavy atom. The topological polar surface area (TPSA) is 0 Å². The molecule has 0 heterocycles. The summed E-state index contributed by atoms with van der Waals surface area (Å²) in [4.78, 5) is 0. The lowest BCUT2D eigenvalue weighted by molar-refractivity contribution is 0.803. The number of hydrogen-bond acceptors (Lipinski definition) is 0. The van der Waals surface area contributed by atoms with Gasteiger partial charge < -0.3 is 0 Å². The lowest BCUT2D eigenvalue weighted by Gasteiger charge is -2.26. The van der Waals surface area contributed by atoms with E-state index in [1.54, 1.807) is 0 Å². The molecule has 0 radical (unpaired) electrons. The minimum Gasteiger partial charge on any atom is -0.103 e. The summed E-state index contributed by atoms with van der Waals surface area (Å²) in [7, 11) is -0.853. The fourth-order valence-corrected chi connectivity index (χ4v) is 4.20. The second-order valence-corrected chi connectivity index (χ2v) is 9.38. The Kier molecular flexibility index (Phi) is 4.74. The Bertz CT molecular complexity index is 114. The first-order valence-corrected chi connectivity index (χ1v) is 7.82. The maximum Gasteiger partial charge on any atom is 0.0505 e. The van der Waals surface area contributed by atoms with Crippen molar-refractivity contribution in [1.29, 1.82) is 0 Å². The van der Waals surface area contributed by atoms with Crippen molar-refractivity contribution in [2.24, 2.45) is 5.92 Å². The fourth-order valence-electron chi connectivity index (χ4n) is 1.40. The molecule has 0 aliphatic carbocycles. The van der Waals surface area contributed by atoms with Gasteiger partial charge in [-0.1, -0.05) is 51.5 Å². The van der Waals surface area contributed by atoms with Crippen LogP contribution in [0.1, 0.15) is 20.8 Å². The van der Waals surface area contributed by atoms with Crippen LogP contribution in [0.4, 0.5) is 0 Å². The highest BCUT2D eigenvalue weighted by atomic mass is 28.3. The van der Waals surface area contributed by atoms with Crippen molar-refractivity contribution >= 4 is 8.07 Å². The van der Waals surface area contributed by atoms with E-state index in [0.29, 0.717) is 0 Å². The molecule has 0 N–H and O–H groups in total. The zero-order valence-corrected chi connectivity index (χ0v) is 9.48. The van der Waals surface area contributed by atoms with Crippen LogP contribution in [0.15, 0.2) is 12.7 Å². The molecule has 0 nitrogen and oxygen atoms in total. The molecule has 0 saturated carbocycles. The molecule has 0 amide bonds. The van der Waals surface area contributed by atoms with Crippen LogP contribution in [0.5, 0.6) is 0 Å². The third kappa shape index (κ3) is 3.75. The van der Waals surface area contributed by atoms with Crippen LogP contribution < -0.4 is 0 Å². The molecule has 0 fully saturated rings. The minimum atomic E-state index is -0.853. The second kappa shape index (κ2) is 4.76. The van der Waals surface area contributed by atoms with Crippen LogP contribution >= 0.6 is 0 Å². The lowest BCUT2D eigenvalue weighted by atomic mass is 10.2. The van der Waals surface area contributed by atoms with Gasteiger partial charge in [0.05, 0.1) is 8.07 Å². The smallest absolute Gasteiger partial charge is 0.0505 e. The Hall–Kier alpha value is -0.0431. The molecular formula is C10H22Si. The standard InChI is InChI=1S/C10H22Si/c1-6-10(4)9-11(5,7-2)8-3/h6,10H,1,7-9H2,2-5H3. The molecule has 0 aromatic carbocycles. The Labute approximate surface area is 72.7 Å².